The van der Waals surface area contributed by atoms with Gasteiger partial charge in [0.25, 0.3) is 0 Å². The van der Waals surface area contributed by atoms with E-state index in [9.17, 15) is 0 Å². The normalized spacial score (nSPS) is 28.8. The molecule has 2 unspecified atom stereocenters. The van der Waals surface area contributed by atoms with Gasteiger partial charge in [0.15, 0.2) is 0 Å². The monoisotopic (exact) mass is 267 g/mol. The molecule has 0 spiro atoms. The molecule has 0 saturated carbocycles. The van der Waals surface area contributed by atoms with Gasteiger partial charge in [0, 0.05) is 25.8 Å². The van der Waals surface area contributed by atoms with Crippen molar-refractivity contribution in [2.45, 2.75) is 40.2 Å². The smallest absolute Gasteiger partial charge is 0.138 e. The number of nitrogens with zero attached hydrogens (tertiary/aromatic N) is 4. The summed E-state index contributed by atoms with van der Waals surface area (Å²) in [6.45, 7) is 14.3. The third-order valence-electron chi connectivity index (χ3n) is 4.34. The first kappa shape index (κ1) is 14.6. The molecule has 19 heavy (non-hydrogen) atoms. The van der Waals surface area contributed by atoms with Crippen LogP contribution in [0.25, 0.3) is 0 Å². The van der Waals surface area contributed by atoms with Crippen LogP contribution < -0.4 is 5.32 Å². The average molecular weight is 267 g/mol. The average Bonchev–Trinajstić information content (AvgIpc) is 2.82. The standard InChI is InChI=1S/C14H29N5/c1-6-16-10-12-13(19(9-4)14(16)15-5)18(8-3)11-17(12)7-2/h10,13-15H,6-9,11H2,1-5H3. The highest BCUT2D eigenvalue weighted by atomic mass is 15.6. The number of hydrogen-bond acceptors (Lipinski definition) is 5. The van der Waals surface area contributed by atoms with E-state index in [-0.39, 0.29) is 0 Å². The molecule has 2 aliphatic heterocycles. The van der Waals surface area contributed by atoms with Crippen molar-refractivity contribution in [3.05, 3.63) is 11.9 Å². The highest BCUT2D eigenvalue weighted by Gasteiger charge is 2.43. The molecule has 0 radical (unpaired) electrons. The summed E-state index contributed by atoms with van der Waals surface area (Å²) in [4.78, 5) is 10.00. The molecule has 0 aliphatic carbocycles. The summed E-state index contributed by atoms with van der Waals surface area (Å²) in [5.74, 6) is 0. The van der Waals surface area contributed by atoms with E-state index in [0.29, 0.717) is 12.5 Å². The molecule has 5 heteroatoms. The fourth-order valence-corrected chi connectivity index (χ4v) is 3.32. The lowest BCUT2D eigenvalue weighted by Gasteiger charge is -2.47. The third-order valence-corrected chi connectivity index (χ3v) is 4.34. The molecule has 0 bridgehead atoms. The van der Waals surface area contributed by atoms with Gasteiger partial charge < -0.3 is 9.80 Å². The van der Waals surface area contributed by atoms with Crippen LogP contribution in [0.4, 0.5) is 0 Å². The molecule has 2 atom stereocenters. The molecule has 0 aromatic heterocycles. The van der Waals surface area contributed by atoms with E-state index < -0.39 is 0 Å². The van der Waals surface area contributed by atoms with E-state index in [1.165, 1.54) is 5.70 Å². The Hall–Kier alpha value is -0.780. The minimum atomic E-state index is 0.301. The SMILES string of the molecule is CCN1CN(CC)C2C1=CN(CC)C(NC)N2CC. The third kappa shape index (κ3) is 2.35. The molecular formula is C14H29N5. The van der Waals surface area contributed by atoms with Crippen molar-refractivity contribution in [3.63, 3.8) is 0 Å². The van der Waals surface area contributed by atoms with Gasteiger partial charge in [-0.15, -0.1) is 0 Å². The number of likely N-dealkylation sites (N-methyl/N-ethyl adjacent to an activating group) is 3. The molecule has 2 aliphatic rings. The van der Waals surface area contributed by atoms with E-state index in [0.717, 1.165) is 32.8 Å². The molecule has 0 aromatic carbocycles. The van der Waals surface area contributed by atoms with Crippen molar-refractivity contribution in [1.29, 1.82) is 0 Å². The second-order valence-corrected chi connectivity index (χ2v) is 5.15. The second-order valence-electron chi connectivity index (χ2n) is 5.15. The Kier molecular flexibility index (Phi) is 4.71. The summed E-state index contributed by atoms with van der Waals surface area (Å²) in [6.07, 6.45) is 3.08. The van der Waals surface area contributed by atoms with Crippen LogP contribution in [0, 0.1) is 0 Å². The largest absolute Gasteiger partial charge is 0.358 e. The van der Waals surface area contributed by atoms with Gasteiger partial charge in [-0.2, -0.15) is 0 Å². The zero-order valence-electron chi connectivity index (χ0n) is 13.1. The van der Waals surface area contributed by atoms with Gasteiger partial charge in [-0.1, -0.05) is 13.8 Å². The van der Waals surface area contributed by atoms with Crippen molar-refractivity contribution in [1.82, 2.24) is 24.9 Å². The molecule has 2 heterocycles. The quantitative estimate of drug-likeness (QED) is 0.799. The van der Waals surface area contributed by atoms with Crippen LogP contribution in [0.1, 0.15) is 27.7 Å². The van der Waals surface area contributed by atoms with Gasteiger partial charge in [0.1, 0.15) is 12.5 Å². The Bertz CT molecular complexity index is 330. The van der Waals surface area contributed by atoms with Crippen LogP contribution in [0.2, 0.25) is 0 Å². The van der Waals surface area contributed by atoms with Gasteiger partial charge in [-0.05, 0) is 27.4 Å². The van der Waals surface area contributed by atoms with E-state index >= 15 is 0 Å². The van der Waals surface area contributed by atoms with Crippen molar-refractivity contribution in [3.8, 4) is 0 Å². The first-order chi connectivity index (χ1) is 9.21. The summed E-state index contributed by atoms with van der Waals surface area (Å²) in [7, 11) is 2.05. The van der Waals surface area contributed by atoms with Gasteiger partial charge in [-0.3, -0.25) is 10.2 Å². The number of hydrogen-bond donors (Lipinski definition) is 1. The fourth-order valence-electron chi connectivity index (χ4n) is 3.32. The van der Waals surface area contributed by atoms with Crippen LogP contribution in [0.5, 0.6) is 0 Å². The van der Waals surface area contributed by atoms with E-state index in [1.54, 1.807) is 0 Å². The van der Waals surface area contributed by atoms with E-state index in [2.05, 4.69) is 65.9 Å². The summed E-state index contributed by atoms with van der Waals surface area (Å²) in [5, 5.41) is 3.46. The maximum Gasteiger partial charge on any atom is 0.138 e. The molecule has 110 valence electrons. The molecular weight excluding hydrogens is 238 g/mol. The van der Waals surface area contributed by atoms with Gasteiger partial charge >= 0.3 is 0 Å². The van der Waals surface area contributed by atoms with Crippen molar-refractivity contribution >= 4 is 0 Å². The summed E-state index contributed by atoms with van der Waals surface area (Å²) in [5.41, 5.74) is 1.46. The van der Waals surface area contributed by atoms with Crippen LogP contribution >= 0.6 is 0 Å². The maximum absolute atomic E-state index is 3.46. The zero-order valence-corrected chi connectivity index (χ0v) is 13.1. The summed E-state index contributed by atoms with van der Waals surface area (Å²) in [6, 6.07) is 0. The van der Waals surface area contributed by atoms with Crippen molar-refractivity contribution < 1.29 is 0 Å². The minimum Gasteiger partial charge on any atom is -0.358 e. The predicted octanol–water partition coefficient (Wildman–Crippen LogP) is 0.929. The second kappa shape index (κ2) is 6.11. The molecule has 0 amide bonds. The number of fused-ring (bicyclic) bond motifs is 1. The highest BCUT2D eigenvalue weighted by molar-refractivity contribution is 5.17. The van der Waals surface area contributed by atoms with Crippen LogP contribution in [0.3, 0.4) is 0 Å². The van der Waals surface area contributed by atoms with Gasteiger partial charge in [0.2, 0.25) is 0 Å². The van der Waals surface area contributed by atoms with Gasteiger partial charge in [-0.25, -0.2) is 4.90 Å². The molecule has 1 fully saturated rings. The lowest BCUT2D eigenvalue weighted by Crippen LogP contribution is -2.63. The van der Waals surface area contributed by atoms with Gasteiger partial charge in [0.05, 0.1) is 12.4 Å². The zero-order chi connectivity index (χ0) is 14.0. The minimum absolute atomic E-state index is 0.301. The lowest BCUT2D eigenvalue weighted by atomic mass is 10.2. The first-order valence-electron chi connectivity index (χ1n) is 7.61. The summed E-state index contributed by atoms with van der Waals surface area (Å²) < 4.78 is 0. The predicted molar refractivity (Wildman–Crippen MR) is 79.1 cm³/mol. The van der Waals surface area contributed by atoms with Crippen LogP contribution in [0.15, 0.2) is 11.9 Å². The Balaban J connectivity index is 2.37. The molecule has 1 saturated heterocycles. The van der Waals surface area contributed by atoms with Crippen LogP contribution in [-0.2, 0) is 0 Å². The Morgan fingerprint density at radius 2 is 1.84 bits per heavy atom. The fraction of sp³-hybridized carbons (Fsp3) is 0.857. The Morgan fingerprint density at radius 1 is 1.11 bits per heavy atom. The Labute approximate surface area is 117 Å². The molecule has 1 N–H and O–H groups in total. The number of rotatable bonds is 5. The molecule has 2 rings (SSSR count). The van der Waals surface area contributed by atoms with Crippen LogP contribution in [-0.4, -0.2) is 72.0 Å². The van der Waals surface area contributed by atoms with E-state index in [1.807, 2.05) is 0 Å². The topological polar surface area (TPSA) is 25.0 Å². The maximum atomic E-state index is 3.46. The highest BCUT2D eigenvalue weighted by Crippen LogP contribution is 2.32. The lowest BCUT2D eigenvalue weighted by molar-refractivity contribution is -0.0246. The Morgan fingerprint density at radius 3 is 2.32 bits per heavy atom. The molecule has 5 nitrogen and oxygen atoms in total. The first-order valence-corrected chi connectivity index (χ1v) is 7.61. The number of nitrogens with one attached hydrogen (secondary N) is 1. The van der Waals surface area contributed by atoms with E-state index in [4.69, 9.17) is 0 Å². The summed E-state index contributed by atoms with van der Waals surface area (Å²) >= 11 is 0. The van der Waals surface area contributed by atoms with Crippen molar-refractivity contribution in [2.24, 2.45) is 0 Å². The van der Waals surface area contributed by atoms with Crippen molar-refractivity contribution in [2.75, 3.05) is 39.9 Å². The molecule has 0 aromatic rings.